The van der Waals surface area contributed by atoms with Gasteiger partial charge in [-0.25, -0.2) is 0 Å². The summed E-state index contributed by atoms with van der Waals surface area (Å²) in [5, 5.41) is 28.4. The number of hydrogen-bond acceptors (Lipinski definition) is 5. The molecule has 4 fully saturated rings. The van der Waals surface area contributed by atoms with E-state index in [1.165, 1.54) is 0 Å². The molecule has 0 bridgehead atoms. The van der Waals surface area contributed by atoms with Crippen molar-refractivity contribution >= 4 is 15.2 Å². The van der Waals surface area contributed by atoms with Crippen LogP contribution in [0.4, 0.5) is 0 Å². The molecule has 4 aliphatic carbocycles. The van der Waals surface area contributed by atoms with Gasteiger partial charge in [0.05, 0.1) is 12.2 Å². The van der Waals surface area contributed by atoms with Crippen molar-refractivity contribution in [2.45, 2.75) is 102 Å². The Labute approximate surface area is 208 Å². The Balaban J connectivity index is 1.51. The first kappa shape index (κ1) is 28.2. The molecule has 4 rings (SSSR count). The predicted molar refractivity (Wildman–Crippen MR) is 130 cm³/mol. The minimum atomic E-state index is -5.45. The lowest BCUT2D eigenvalue weighted by molar-refractivity contribution is -0.172. The van der Waals surface area contributed by atoms with E-state index in [-0.39, 0.29) is 41.1 Å². The van der Waals surface area contributed by atoms with Crippen molar-refractivity contribution in [1.82, 2.24) is 0 Å². The normalized spacial score (nSPS) is 45.4. The van der Waals surface area contributed by atoms with Crippen LogP contribution in [0.25, 0.3) is 0 Å². The van der Waals surface area contributed by atoms with Gasteiger partial charge in [0.25, 0.3) is 5.08 Å². The van der Waals surface area contributed by atoms with Gasteiger partial charge in [0.2, 0.25) is 0 Å². The standard InChI is InChI=1S/C24H44O9P2/c1-14(6-11-24(27,34(28,29)30)35(31,32)33)17-4-5-18-16-13-21(26)20-12-15(25)7-9-23(20,3)19(16)8-10-22(17,18)2/h14-21,25-27H,4-13H2,1-3H3,(H2,28,29,30)(H2,31,32,33)/t14-,15-,16+,17-,18+,19+,20+,21+,22-,23-/m1/s1. The molecule has 0 aromatic rings. The Kier molecular flexibility index (Phi) is 7.36. The second kappa shape index (κ2) is 9.14. The summed E-state index contributed by atoms with van der Waals surface area (Å²) in [6, 6.07) is 0. The van der Waals surface area contributed by atoms with Crippen molar-refractivity contribution in [3.8, 4) is 0 Å². The molecule has 0 aromatic carbocycles. The van der Waals surface area contributed by atoms with Crippen molar-refractivity contribution in [2.75, 3.05) is 0 Å². The van der Waals surface area contributed by atoms with Gasteiger partial charge < -0.3 is 34.9 Å². The molecule has 0 heterocycles. The highest BCUT2D eigenvalue weighted by atomic mass is 31.2. The summed E-state index contributed by atoms with van der Waals surface area (Å²) in [5.41, 5.74) is -0.00401. The highest BCUT2D eigenvalue weighted by Crippen LogP contribution is 2.71. The number of rotatable bonds is 6. The minimum Gasteiger partial charge on any atom is -0.393 e. The van der Waals surface area contributed by atoms with E-state index in [0.717, 1.165) is 44.9 Å². The first-order valence-electron chi connectivity index (χ1n) is 13.2. The first-order chi connectivity index (χ1) is 16.0. The van der Waals surface area contributed by atoms with Gasteiger partial charge >= 0.3 is 15.2 Å². The molecule has 4 aliphatic rings. The Hall–Kier alpha value is 0.180. The molecule has 0 spiro atoms. The lowest BCUT2D eigenvalue weighted by Gasteiger charge is -2.62. The van der Waals surface area contributed by atoms with E-state index in [4.69, 9.17) is 0 Å². The molecule has 0 radical (unpaired) electrons. The molecule has 0 saturated heterocycles. The predicted octanol–water partition coefficient (Wildman–Crippen LogP) is 3.39. The van der Waals surface area contributed by atoms with E-state index in [2.05, 4.69) is 13.8 Å². The van der Waals surface area contributed by atoms with E-state index in [9.17, 15) is 44.0 Å². The Morgan fingerprint density at radius 1 is 0.857 bits per heavy atom. The number of aliphatic hydroxyl groups is 3. The highest BCUT2D eigenvalue weighted by molar-refractivity contribution is 7.72. The average Bonchev–Trinajstić information content (AvgIpc) is 3.09. The smallest absolute Gasteiger partial charge is 0.369 e. The van der Waals surface area contributed by atoms with Crippen LogP contribution in [-0.4, -0.2) is 52.2 Å². The van der Waals surface area contributed by atoms with Gasteiger partial charge in [0.15, 0.2) is 0 Å². The van der Waals surface area contributed by atoms with Gasteiger partial charge in [-0.1, -0.05) is 20.8 Å². The largest absolute Gasteiger partial charge is 0.393 e. The third-order valence-electron chi connectivity index (χ3n) is 11.3. The third-order valence-corrected chi connectivity index (χ3v) is 15.2. The van der Waals surface area contributed by atoms with E-state index in [1.807, 2.05) is 6.92 Å². The van der Waals surface area contributed by atoms with Crippen LogP contribution in [0.1, 0.15) is 85.0 Å². The van der Waals surface area contributed by atoms with Crippen LogP contribution in [0, 0.1) is 46.3 Å². The molecule has 0 aliphatic heterocycles. The quantitative estimate of drug-likeness (QED) is 0.250. The Morgan fingerprint density at radius 2 is 1.43 bits per heavy atom. The fraction of sp³-hybridized carbons (Fsp3) is 1.00. The van der Waals surface area contributed by atoms with Crippen molar-refractivity contribution < 1.29 is 44.0 Å². The van der Waals surface area contributed by atoms with Gasteiger partial charge in [-0.15, -0.1) is 0 Å². The van der Waals surface area contributed by atoms with Crippen molar-refractivity contribution in [3.05, 3.63) is 0 Å². The molecule has 204 valence electrons. The van der Waals surface area contributed by atoms with Crippen LogP contribution in [0.2, 0.25) is 0 Å². The summed E-state index contributed by atoms with van der Waals surface area (Å²) in [5.74, 6) is 1.57. The summed E-state index contributed by atoms with van der Waals surface area (Å²) in [4.78, 5) is 38.0. The summed E-state index contributed by atoms with van der Waals surface area (Å²) in [6.45, 7) is 6.55. The topological polar surface area (TPSA) is 176 Å². The van der Waals surface area contributed by atoms with Crippen LogP contribution in [0.15, 0.2) is 0 Å². The van der Waals surface area contributed by atoms with E-state index < -0.39 is 32.8 Å². The SMILES string of the molecule is C[C@H](CCC(O)(P(=O)(O)O)P(=O)(O)O)[C@H]1CC[C@H]2[C@@H]3C[C@H](O)[C@@H]4C[C@H](O)CC[C@]4(C)[C@H]3CC[C@]12C. The number of fused-ring (bicyclic) bond motifs is 5. The molecule has 0 amide bonds. The van der Waals surface area contributed by atoms with Crippen LogP contribution < -0.4 is 0 Å². The zero-order chi connectivity index (χ0) is 26.2. The molecular weight excluding hydrogens is 494 g/mol. The average molecular weight is 539 g/mol. The Bertz CT molecular complexity index is 879. The summed E-state index contributed by atoms with van der Waals surface area (Å²) in [7, 11) is -10.9. The molecule has 10 atom stereocenters. The molecule has 0 unspecified atom stereocenters. The Morgan fingerprint density at radius 3 is 2.03 bits per heavy atom. The number of hydrogen-bond donors (Lipinski definition) is 7. The molecule has 7 N–H and O–H groups in total. The third kappa shape index (κ3) is 4.45. The van der Waals surface area contributed by atoms with Gasteiger partial charge in [0.1, 0.15) is 0 Å². The van der Waals surface area contributed by atoms with Crippen LogP contribution in [0.3, 0.4) is 0 Å². The van der Waals surface area contributed by atoms with Crippen LogP contribution in [0.5, 0.6) is 0 Å². The van der Waals surface area contributed by atoms with E-state index in [0.29, 0.717) is 24.2 Å². The van der Waals surface area contributed by atoms with Crippen molar-refractivity contribution in [1.29, 1.82) is 0 Å². The van der Waals surface area contributed by atoms with Gasteiger partial charge in [-0.2, -0.15) is 0 Å². The van der Waals surface area contributed by atoms with E-state index >= 15 is 0 Å². The summed E-state index contributed by atoms with van der Waals surface area (Å²) >= 11 is 0. The van der Waals surface area contributed by atoms with Crippen molar-refractivity contribution in [2.24, 2.45) is 46.3 Å². The van der Waals surface area contributed by atoms with Gasteiger partial charge in [0, 0.05) is 6.42 Å². The number of aliphatic hydroxyl groups excluding tert-OH is 2. The van der Waals surface area contributed by atoms with E-state index in [1.54, 1.807) is 0 Å². The van der Waals surface area contributed by atoms with Crippen LogP contribution in [-0.2, 0) is 9.13 Å². The maximum atomic E-state index is 11.8. The molecule has 4 saturated carbocycles. The first-order valence-corrected chi connectivity index (χ1v) is 16.4. The zero-order valence-electron chi connectivity index (χ0n) is 21.0. The molecule has 11 heteroatoms. The molecule has 9 nitrogen and oxygen atoms in total. The van der Waals surface area contributed by atoms with Gasteiger partial charge in [-0.3, -0.25) is 9.13 Å². The second-order valence-electron chi connectivity index (χ2n) is 12.8. The summed E-state index contributed by atoms with van der Waals surface area (Å²) < 4.78 is 23.6. The van der Waals surface area contributed by atoms with Crippen molar-refractivity contribution in [3.63, 3.8) is 0 Å². The molecular formula is C24H44O9P2. The fourth-order valence-corrected chi connectivity index (χ4v) is 11.5. The lowest BCUT2D eigenvalue weighted by Crippen LogP contribution is -2.58. The maximum Gasteiger partial charge on any atom is 0.369 e. The second-order valence-corrected chi connectivity index (χ2v) is 16.8. The molecule has 35 heavy (non-hydrogen) atoms. The zero-order valence-corrected chi connectivity index (χ0v) is 22.8. The molecule has 0 aromatic heterocycles. The minimum absolute atomic E-state index is 0.0237. The lowest BCUT2D eigenvalue weighted by atomic mass is 9.44. The van der Waals surface area contributed by atoms with Gasteiger partial charge in [-0.05, 0) is 104 Å². The highest BCUT2D eigenvalue weighted by Gasteiger charge is 2.63. The fourth-order valence-electron chi connectivity index (χ4n) is 9.34. The maximum absolute atomic E-state index is 11.8. The monoisotopic (exact) mass is 538 g/mol. The van der Waals surface area contributed by atoms with Crippen LogP contribution >= 0.6 is 15.2 Å². The summed E-state index contributed by atoms with van der Waals surface area (Å²) in [6.07, 6.45) is 5.81.